The maximum atomic E-state index is 10.9. The normalized spacial score (nSPS) is 11.1. The number of methoxy groups -OCH3 is 2. The van der Waals surface area contributed by atoms with Gasteiger partial charge in [-0.05, 0) is 25.5 Å². The standard InChI is InChI=1S/C17H23N5O4/c1-13-10-21(12-19-13)8-4-7-18-17(11-22(23)24)20-14-5-6-15(25-2)16(9-14)26-3/h5-6,9-12,18,20H,4,7-8H2,1-3H3. The van der Waals surface area contributed by atoms with Gasteiger partial charge in [0.15, 0.2) is 17.3 Å². The number of imidazole rings is 1. The Morgan fingerprint density at radius 2 is 2.12 bits per heavy atom. The van der Waals surface area contributed by atoms with Crippen molar-refractivity contribution in [3.8, 4) is 11.5 Å². The van der Waals surface area contributed by atoms with Crippen molar-refractivity contribution in [1.82, 2.24) is 14.9 Å². The summed E-state index contributed by atoms with van der Waals surface area (Å²) in [7, 11) is 3.08. The van der Waals surface area contributed by atoms with Crippen molar-refractivity contribution in [2.75, 3.05) is 26.1 Å². The fraction of sp³-hybridized carbons (Fsp3) is 0.353. The zero-order valence-corrected chi connectivity index (χ0v) is 15.1. The zero-order valence-electron chi connectivity index (χ0n) is 15.1. The lowest BCUT2D eigenvalue weighted by atomic mass is 10.2. The summed E-state index contributed by atoms with van der Waals surface area (Å²) in [5, 5.41) is 16.9. The molecule has 0 aliphatic heterocycles. The second-order valence-corrected chi connectivity index (χ2v) is 5.56. The van der Waals surface area contributed by atoms with E-state index in [-0.39, 0.29) is 0 Å². The number of anilines is 1. The number of hydrogen-bond donors (Lipinski definition) is 2. The molecule has 1 heterocycles. The summed E-state index contributed by atoms with van der Waals surface area (Å²) in [5.41, 5.74) is 1.61. The molecule has 1 aromatic heterocycles. The summed E-state index contributed by atoms with van der Waals surface area (Å²) in [6.07, 6.45) is 5.41. The van der Waals surface area contributed by atoms with Crippen LogP contribution in [0.3, 0.4) is 0 Å². The first kappa shape index (κ1) is 19.1. The quantitative estimate of drug-likeness (QED) is 0.380. The fourth-order valence-electron chi connectivity index (χ4n) is 2.38. The Bertz CT molecular complexity index is 772. The maximum absolute atomic E-state index is 10.9. The molecule has 26 heavy (non-hydrogen) atoms. The first-order valence-electron chi connectivity index (χ1n) is 8.08. The molecule has 0 fully saturated rings. The SMILES string of the molecule is COc1ccc(NC(=C[N+](=O)[O-])NCCCn2cnc(C)c2)cc1OC. The van der Waals surface area contributed by atoms with Crippen LogP contribution in [0.2, 0.25) is 0 Å². The van der Waals surface area contributed by atoms with Crippen LogP contribution in [-0.4, -0.2) is 35.2 Å². The van der Waals surface area contributed by atoms with Gasteiger partial charge in [0.25, 0.3) is 6.20 Å². The van der Waals surface area contributed by atoms with Crippen LogP contribution >= 0.6 is 0 Å². The van der Waals surface area contributed by atoms with Crippen molar-refractivity contribution in [2.24, 2.45) is 0 Å². The Morgan fingerprint density at radius 1 is 1.35 bits per heavy atom. The summed E-state index contributed by atoms with van der Waals surface area (Å²) in [4.78, 5) is 14.5. The van der Waals surface area contributed by atoms with Gasteiger partial charge in [0.05, 0.1) is 31.2 Å². The van der Waals surface area contributed by atoms with Crippen LogP contribution in [0.4, 0.5) is 5.69 Å². The molecule has 2 aromatic rings. The van der Waals surface area contributed by atoms with Gasteiger partial charge >= 0.3 is 0 Å². The number of nitrogens with zero attached hydrogens (tertiary/aromatic N) is 3. The molecule has 0 aliphatic carbocycles. The smallest absolute Gasteiger partial charge is 0.274 e. The average molecular weight is 361 g/mol. The van der Waals surface area contributed by atoms with Crippen LogP contribution in [-0.2, 0) is 6.54 Å². The molecule has 0 unspecified atom stereocenters. The molecule has 0 amide bonds. The van der Waals surface area contributed by atoms with Gasteiger partial charge in [-0.25, -0.2) is 4.98 Å². The topological polar surface area (TPSA) is 103 Å². The van der Waals surface area contributed by atoms with Gasteiger partial charge in [0.2, 0.25) is 0 Å². The number of nitrogens with one attached hydrogen (secondary N) is 2. The molecule has 0 saturated carbocycles. The molecule has 0 spiro atoms. The van der Waals surface area contributed by atoms with Gasteiger partial charge in [-0.3, -0.25) is 10.1 Å². The first-order valence-corrected chi connectivity index (χ1v) is 8.08. The highest BCUT2D eigenvalue weighted by atomic mass is 16.6. The predicted molar refractivity (Wildman–Crippen MR) is 97.8 cm³/mol. The Morgan fingerprint density at radius 3 is 2.73 bits per heavy atom. The van der Waals surface area contributed by atoms with Crippen LogP contribution < -0.4 is 20.1 Å². The zero-order chi connectivity index (χ0) is 18.9. The maximum Gasteiger partial charge on any atom is 0.274 e. The Kier molecular flexibility index (Phi) is 6.84. The van der Waals surface area contributed by atoms with E-state index in [4.69, 9.17) is 9.47 Å². The molecule has 2 N–H and O–H groups in total. The highest BCUT2D eigenvalue weighted by molar-refractivity contribution is 5.56. The Hall–Kier alpha value is -3.23. The number of benzene rings is 1. The third-order valence-electron chi connectivity index (χ3n) is 3.57. The van der Waals surface area contributed by atoms with E-state index in [9.17, 15) is 10.1 Å². The van der Waals surface area contributed by atoms with Crippen molar-refractivity contribution >= 4 is 5.69 Å². The number of aryl methyl sites for hydroxylation is 2. The molecule has 140 valence electrons. The van der Waals surface area contributed by atoms with Gasteiger partial charge in [0, 0.05) is 31.0 Å². The number of hydrogen-bond acceptors (Lipinski definition) is 7. The number of rotatable bonds is 10. The predicted octanol–water partition coefficient (Wildman–Crippen LogP) is 2.38. The Balaban J connectivity index is 1.95. The number of aromatic nitrogens is 2. The van der Waals surface area contributed by atoms with Gasteiger partial charge in [0.1, 0.15) is 0 Å². The first-order chi connectivity index (χ1) is 12.5. The van der Waals surface area contributed by atoms with Gasteiger partial charge in [-0.1, -0.05) is 0 Å². The van der Waals surface area contributed by atoms with Crippen molar-refractivity contribution in [2.45, 2.75) is 19.9 Å². The molecule has 9 heteroatoms. The summed E-state index contributed by atoms with van der Waals surface area (Å²) < 4.78 is 12.4. The lowest BCUT2D eigenvalue weighted by Crippen LogP contribution is -2.22. The van der Waals surface area contributed by atoms with E-state index in [0.29, 0.717) is 29.6 Å². The lowest BCUT2D eigenvalue weighted by molar-refractivity contribution is -0.403. The van der Waals surface area contributed by atoms with Crippen LogP contribution in [0.15, 0.2) is 42.7 Å². The van der Waals surface area contributed by atoms with Crippen LogP contribution in [0, 0.1) is 17.0 Å². The summed E-state index contributed by atoms with van der Waals surface area (Å²) in [6, 6.07) is 5.19. The van der Waals surface area contributed by atoms with Crippen LogP contribution in [0.25, 0.3) is 0 Å². The lowest BCUT2D eigenvalue weighted by Gasteiger charge is -2.14. The second kappa shape index (κ2) is 9.30. The van der Waals surface area contributed by atoms with Crippen molar-refractivity contribution in [1.29, 1.82) is 0 Å². The molecule has 0 aliphatic rings. The number of ether oxygens (including phenoxy) is 2. The minimum absolute atomic E-state index is 0.295. The third-order valence-corrected chi connectivity index (χ3v) is 3.57. The largest absolute Gasteiger partial charge is 0.493 e. The van der Waals surface area contributed by atoms with E-state index in [1.807, 2.05) is 17.7 Å². The average Bonchev–Trinajstić information content (AvgIpc) is 3.03. The van der Waals surface area contributed by atoms with Crippen molar-refractivity contribution in [3.05, 3.63) is 58.6 Å². The van der Waals surface area contributed by atoms with Crippen molar-refractivity contribution in [3.63, 3.8) is 0 Å². The highest BCUT2D eigenvalue weighted by Crippen LogP contribution is 2.30. The van der Waals surface area contributed by atoms with Crippen LogP contribution in [0.5, 0.6) is 11.5 Å². The minimum atomic E-state index is -0.505. The molecular weight excluding hydrogens is 338 g/mol. The van der Waals surface area contributed by atoms with E-state index in [2.05, 4.69) is 15.6 Å². The van der Waals surface area contributed by atoms with Gasteiger partial charge in [-0.15, -0.1) is 0 Å². The third kappa shape index (κ3) is 5.69. The second-order valence-electron chi connectivity index (χ2n) is 5.56. The molecule has 0 bridgehead atoms. The van der Waals surface area contributed by atoms with E-state index < -0.39 is 4.92 Å². The Labute approximate surface area is 151 Å². The highest BCUT2D eigenvalue weighted by Gasteiger charge is 2.08. The van der Waals surface area contributed by atoms with E-state index >= 15 is 0 Å². The minimum Gasteiger partial charge on any atom is -0.493 e. The summed E-state index contributed by atoms with van der Waals surface area (Å²) in [5.74, 6) is 1.42. The molecule has 0 saturated heterocycles. The van der Waals surface area contributed by atoms with E-state index in [0.717, 1.165) is 24.9 Å². The summed E-state index contributed by atoms with van der Waals surface area (Å²) >= 11 is 0. The monoisotopic (exact) mass is 361 g/mol. The van der Waals surface area contributed by atoms with Gasteiger partial charge in [-0.2, -0.15) is 0 Å². The molecule has 1 aromatic carbocycles. The van der Waals surface area contributed by atoms with Gasteiger partial charge < -0.3 is 24.7 Å². The molecular formula is C17H23N5O4. The van der Waals surface area contributed by atoms with E-state index in [1.54, 1.807) is 31.6 Å². The molecule has 0 atom stereocenters. The molecule has 0 radical (unpaired) electrons. The number of nitro groups is 1. The molecule has 2 rings (SSSR count). The summed E-state index contributed by atoms with van der Waals surface area (Å²) in [6.45, 7) is 3.27. The fourth-order valence-corrected chi connectivity index (χ4v) is 2.38. The van der Waals surface area contributed by atoms with Crippen LogP contribution in [0.1, 0.15) is 12.1 Å². The van der Waals surface area contributed by atoms with E-state index in [1.165, 1.54) is 7.11 Å². The van der Waals surface area contributed by atoms with Crippen molar-refractivity contribution < 1.29 is 14.4 Å². The molecule has 9 nitrogen and oxygen atoms in total.